The van der Waals surface area contributed by atoms with Crippen molar-refractivity contribution in [3.63, 3.8) is 0 Å². The van der Waals surface area contributed by atoms with Crippen LogP contribution in [0.4, 0.5) is 5.69 Å². The van der Waals surface area contributed by atoms with Crippen molar-refractivity contribution in [3.8, 4) is 5.75 Å². The van der Waals surface area contributed by atoms with Gasteiger partial charge in [-0.15, -0.1) is 0 Å². The zero-order valence-electron chi connectivity index (χ0n) is 13.0. The van der Waals surface area contributed by atoms with Gasteiger partial charge in [-0.3, -0.25) is 9.59 Å². The van der Waals surface area contributed by atoms with E-state index in [1.807, 2.05) is 31.2 Å². The smallest absolute Gasteiger partial charge is 0.307 e. The lowest BCUT2D eigenvalue weighted by atomic mass is 10.1. The lowest BCUT2D eigenvalue weighted by Crippen LogP contribution is -2.46. The van der Waals surface area contributed by atoms with E-state index in [9.17, 15) is 9.59 Å². The van der Waals surface area contributed by atoms with Gasteiger partial charge >= 0.3 is 5.97 Å². The van der Waals surface area contributed by atoms with E-state index < -0.39 is 12.1 Å². The topological polar surface area (TPSA) is 66.8 Å². The molecule has 3 rings (SSSR count). The van der Waals surface area contributed by atoms with Crippen LogP contribution in [0.2, 0.25) is 5.02 Å². The van der Waals surface area contributed by atoms with Gasteiger partial charge in [-0.25, -0.2) is 0 Å². The number of benzene rings is 2. The van der Waals surface area contributed by atoms with Gasteiger partial charge in [0.1, 0.15) is 5.75 Å². The Bertz CT molecular complexity index is 805. The summed E-state index contributed by atoms with van der Waals surface area (Å²) in [5.74, 6) is -1.00. The standard InChI is InChI=1S/C18H16ClNO4/c1-11-4-2-3-5-12(11)10-20-14-8-13(19)6-7-15(14)24-16(18(20)23)9-17(21)22/h2-8,16H,9-10H2,1H3,(H,21,22). The number of carbonyl (C=O) groups excluding carboxylic acids is 1. The van der Waals surface area contributed by atoms with E-state index >= 15 is 0 Å². The van der Waals surface area contributed by atoms with Gasteiger partial charge < -0.3 is 14.7 Å². The summed E-state index contributed by atoms with van der Waals surface area (Å²) in [4.78, 5) is 25.3. The largest absolute Gasteiger partial charge is 0.481 e. The second kappa shape index (κ2) is 6.53. The molecule has 0 spiro atoms. The molecule has 124 valence electrons. The number of ether oxygens (including phenoxy) is 1. The second-order valence-electron chi connectivity index (χ2n) is 5.67. The highest BCUT2D eigenvalue weighted by Gasteiger charge is 2.36. The van der Waals surface area contributed by atoms with Crippen molar-refractivity contribution in [2.75, 3.05) is 4.90 Å². The van der Waals surface area contributed by atoms with Gasteiger partial charge in [-0.05, 0) is 36.2 Å². The number of carboxylic acid groups (broad SMARTS) is 1. The number of hydrogen-bond donors (Lipinski definition) is 1. The fourth-order valence-corrected chi connectivity index (χ4v) is 2.87. The summed E-state index contributed by atoms with van der Waals surface area (Å²) in [6, 6.07) is 12.7. The van der Waals surface area contributed by atoms with E-state index in [0.717, 1.165) is 11.1 Å². The summed E-state index contributed by atoms with van der Waals surface area (Å²) < 4.78 is 5.58. The molecule has 1 atom stereocenters. The van der Waals surface area contributed by atoms with Crippen molar-refractivity contribution in [2.45, 2.75) is 26.0 Å². The lowest BCUT2D eigenvalue weighted by molar-refractivity contribution is -0.142. The quantitative estimate of drug-likeness (QED) is 0.922. The molecule has 5 nitrogen and oxygen atoms in total. The van der Waals surface area contributed by atoms with Crippen molar-refractivity contribution in [1.82, 2.24) is 0 Å². The van der Waals surface area contributed by atoms with E-state index in [0.29, 0.717) is 23.0 Å². The highest BCUT2D eigenvalue weighted by atomic mass is 35.5. The van der Waals surface area contributed by atoms with Crippen LogP contribution < -0.4 is 9.64 Å². The first-order valence-corrected chi connectivity index (χ1v) is 7.87. The summed E-state index contributed by atoms with van der Waals surface area (Å²) in [7, 11) is 0. The molecule has 0 saturated carbocycles. The molecular formula is C18H16ClNO4. The Hall–Kier alpha value is -2.53. The normalized spacial score (nSPS) is 16.5. The first-order valence-electron chi connectivity index (χ1n) is 7.49. The number of halogens is 1. The third kappa shape index (κ3) is 3.21. The van der Waals surface area contributed by atoms with Crippen LogP contribution in [-0.4, -0.2) is 23.1 Å². The van der Waals surface area contributed by atoms with E-state index in [-0.39, 0.29) is 12.3 Å². The number of nitrogens with zero attached hydrogens (tertiary/aromatic N) is 1. The Labute approximate surface area is 144 Å². The minimum atomic E-state index is -1.08. The van der Waals surface area contributed by atoms with Gasteiger partial charge in [0, 0.05) is 5.02 Å². The van der Waals surface area contributed by atoms with Crippen molar-refractivity contribution >= 4 is 29.2 Å². The summed E-state index contributed by atoms with van der Waals surface area (Å²) >= 11 is 6.06. The molecule has 2 aromatic carbocycles. The number of carboxylic acids is 1. The third-order valence-corrected chi connectivity index (χ3v) is 4.21. The number of rotatable bonds is 4. The van der Waals surface area contributed by atoms with Crippen LogP contribution in [0.15, 0.2) is 42.5 Å². The summed E-state index contributed by atoms with van der Waals surface area (Å²) in [6.45, 7) is 2.30. The molecular weight excluding hydrogens is 330 g/mol. The molecule has 1 aliphatic rings. The molecule has 0 aromatic heterocycles. The highest BCUT2D eigenvalue weighted by Crippen LogP contribution is 2.37. The van der Waals surface area contributed by atoms with E-state index in [1.165, 1.54) is 0 Å². The molecule has 1 amide bonds. The van der Waals surface area contributed by atoms with Crippen LogP contribution in [0.25, 0.3) is 0 Å². The van der Waals surface area contributed by atoms with Crippen LogP contribution in [0.3, 0.4) is 0 Å². The number of aryl methyl sites for hydroxylation is 1. The summed E-state index contributed by atoms with van der Waals surface area (Å²) in [5, 5.41) is 9.51. The molecule has 0 radical (unpaired) electrons. The molecule has 0 saturated heterocycles. The summed E-state index contributed by atoms with van der Waals surface area (Å²) in [5.41, 5.74) is 2.58. The molecule has 1 unspecified atom stereocenters. The highest BCUT2D eigenvalue weighted by molar-refractivity contribution is 6.31. The predicted octanol–water partition coefficient (Wildman–Crippen LogP) is 3.42. The minimum absolute atomic E-state index is 0.332. The molecule has 6 heteroatoms. The molecule has 1 heterocycles. The van der Waals surface area contributed by atoms with Gasteiger partial charge in [0.2, 0.25) is 0 Å². The molecule has 1 N–H and O–H groups in total. The van der Waals surface area contributed by atoms with Gasteiger partial charge in [-0.2, -0.15) is 0 Å². The van der Waals surface area contributed by atoms with Crippen LogP contribution in [-0.2, 0) is 16.1 Å². The molecule has 0 aliphatic carbocycles. The van der Waals surface area contributed by atoms with Gasteiger partial charge in [0.05, 0.1) is 18.7 Å². The lowest BCUT2D eigenvalue weighted by Gasteiger charge is -2.34. The van der Waals surface area contributed by atoms with Crippen molar-refractivity contribution in [1.29, 1.82) is 0 Å². The fraction of sp³-hybridized carbons (Fsp3) is 0.222. The van der Waals surface area contributed by atoms with E-state index in [2.05, 4.69) is 0 Å². The number of anilines is 1. The van der Waals surface area contributed by atoms with Gasteiger partial charge in [-0.1, -0.05) is 35.9 Å². The zero-order chi connectivity index (χ0) is 17.3. The van der Waals surface area contributed by atoms with Crippen molar-refractivity contribution < 1.29 is 19.4 Å². The van der Waals surface area contributed by atoms with Crippen molar-refractivity contribution in [3.05, 3.63) is 58.6 Å². The van der Waals surface area contributed by atoms with Crippen LogP contribution >= 0.6 is 11.6 Å². The van der Waals surface area contributed by atoms with Crippen molar-refractivity contribution in [2.24, 2.45) is 0 Å². The first kappa shape index (κ1) is 16.3. The monoisotopic (exact) mass is 345 g/mol. The zero-order valence-corrected chi connectivity index (χ0v) is 13.8. The summed E-state index contributed by atoms with van der Waals surface area (Å²) in [6.07, 6.45) is -1.43. The predicted molar refractivity (Wildman–Crippen MR) is 90.5 cm³/mol. The number of hydrogen-bond acceptors (Lipinski definition) is 3. The Morgan fingerprint density at radius 1 is 1.29 bits per heavy atom. The molecule has 1 aliphatic heterocycles. The van der Waals surface area contributed by atoms with Crippen LogP contribution in [0, 0.1) is 6.92 Å². The van der Waals surface area contributed by atoms with Gasteiger partial charge in [0.25, 0.3) is 5.91 Å². The SMILES string of the molecule is Cc1ccccc1CN1C(=O)C(CC(=O)O)Oc2ccc(Cl)cc21. The number of fused-ring (bicyclic) bond motifs is 1. The first-order chi connectivity index (χ1) is 11.5. The average Bonchev–Trinajstić information content (AvgIpc) is 2.53. The third-order valence-electron chi connectivity index (χ3n) is 3.97. The number of amides is 1. The Balaban J connectivity index is 2.01. The molecule has 0 bridgehead atoms. The molecule has 2 aromatic rings. The number of carbonyl (C=O) groups is 2. The fourth-order valence-electron chi connectivity index (χ4n) is 2.71. The molecule has 0 fully saturated rings. The number of aliphatic carboxylic acids is 1. The maximum atomic E-state index is 12.7. The van der Waals surface area contributed by atoms with Crippen LogP contribution in [0.1, 0.15) is 17.5 Å². The Morgan fingerprint density at radius 2 is 2.04 bits per heavy atom. The minimum Gasteiger partial charge on any atom is -0.481 e. The van der Waals surface area contributed by atoms with Crippen LogP contribution in [0.5, 0.6) is 5.75 Å². The second-order valence-corrected chi connectivity index (χ2v) is 6.10. The maximum absolute atomic E-state index is 12.7. The van der Waals surface area contributed by atoms with E-state index in [1.54, 1.807) is 23.1 Å². The van der Waals surface area contributed by atoms with E-state index in [4.69, 9.17) is 21.4 Å². The van der Waals surface area contributed by atoms with Gasteiger partial charge in [0.15, 0.2) is 6.10 Å². The Morgan fingerprint density at radius 3 is 2.75 bits per heavy atom. The average molecular weight is 346 g/mol. The Kier molecular flexibility index (Phi) is 4.44. The molecule has 24 heavy (non-hydrogen) atoms. The maximum Gasteiger partial charge on any atom is 0.307 e.